The fourth-order valence-electron chi connectivity index (χ4n) is 2.25. The molecule has 0 spiro atoms. The lowest BCUT2D eigenvalue weighted by atomic mass is 10.1. The molecule has 0 atom stereocenters. The van der Waals surface area contributed by atoms with Crippen LogP contribution in [0.3, 0.4) is 0 Å². The fraction of sp³-hybridized carbons (Fsp3) is 0. The van der Waals surface area contributed by atoms with Gasteiger partial charge in [-0.1, -0.05) is 35.9 Å². The highest BCUT2D eigenvalue weighted by Crippen LogP contribution is 2.14. The summed E-state index contributed by atoms with van der Waals surface area (Å²) in [7, 11) is 0. The summed E-state index contributed by atoms with van der Waals surface area (Å²) >= 11 is 11.3. The quantitative estimate of drug-likeness (QED) is 0.550. The number of allylic oxidation sites excluding steroid dienone is 4. The molecule has 1 aromatic carbocycles. The van der Waals surface area contributed by atoms with Crippen LogP contribution in [0.4, 0.5) is 0 Å². The number of benzene rings is 1. The number of hydrogen-bond donors (Lipinski definition) is 3. The summed E-state index contributed by atoms with van der Waals surface area (Å²) in [4.78, 5) is 0. The van der Waals surface area contributed by atoms with E-state index < -0.39 is 0 Å². The van der Waals surface area contributed by atoms with Gasteiger partial charge in [-0.3, -0.25) is 0 Å². The van der Waals surface area contributed by atoms with Crippen molar-refractivity contribution in [2.45, 2.75) is 0 Å². The Balaban J connectivity index is 2.46. The number of halogens is 1. The van der Waals surface area contributed by atoms with Crippen LogP contribution in [0, 0.1) is 4.77 Å². The number of aliphatic hydroxyl groups excluding tert-OH is 1. The highest BCUT2D eigenvalue weighted by molar-refractivity contribution is 7.71. The van der Waals surface area contributed by atoms with E-state index in [1.807, 2.05) is 24.3 Å². The molecule has 0 unspecified atom stereocenters. The van der Waals surface area contributed by atoms with Crippen molar-refractivity contribution in [3.05, 3.63) is 56.7 Å². The van der Waals surface area contributed by atoms with Gasteiger partial charge in [0.15, 0.2) is 5.82 Å². The van der Waals surface area contributed by atoms with Crippen molar-refractivity contribution in [2.75, 3.05) is 5.84 Å². The summed E-state index contributed by atoms with van der Waals surface area (Å²) in [6.07, 6.45) is 8.63. The molecule has 1 aromatic heterocycles. The van der Waals surface area contributed by atoms with Gasteiger partial charge in [0.2, 0.25) is 4.77 Å². The topological polar surface area (TPSA) is 79.9 Å². The van der Waals surface area contributed by atoms with E-state index in [0.717, 1.165) is 17.1 Å². The molecule has 1 aliphatic carbocycles. The second-order valence-electron chi connectivity index (χ2n) is 4.41. The lowest BCUT2D eigenvalue weighted by Gasteiger charge is -2.05. The number of hydrogen-bond acceptors (Lipinski definition) is 4. The minimum Gasteiger partial charge on any atom is -0.515 e. The lowest BCUT2D eigenvalue weighted by molar-refractivity contribution is 0.540. The summed E-state index contributed by atoms with van der Waals surface area (Å²) in [6, 6.07) is 3.48. The molecule has 21 heavy (non-hydrogen) atoms. The second kappa shape index (κ2) is 5.23. The maximum absolute atomic E-state index is 9.68. The molecule has 1 heterocycles. The van der Waals surface area contributed by atoms with Crippen LogP contribution in [0.5, 0.6) is 0 Å². The Morgan fingerprint density at radius 3 is 2.62 bits per heavy atom. The van der Waals surface area contributed by atoms with Crippen LogP contribution >= 0.6 is 23.8 Å². The van der Waals surface area contributed by atoms with E-state index in [0.29, 0.717) is 26.4 Å². The van der Waals surface area contributed by atoms with E-state index >= 15 is 0 Å². The lowest BCUT2D eigenvalue weighted by Crippen LogP contribution is -2.31. The molecular formula is C14H11ClN4OS. The third-order valence-corrected chi connectivity index (χ3v) is 3.82. The molecule has 0 bridgehead atoms. The number of nitrogens with one attached hydrogen (secondary N) is 1. The first kappa shape index (κ1) is 13.7. The molecular weight excluding hydrogens is 308 g/mol. The van der Waals surface area contributed by atoms with Gasteiger partial charge in [-0.15, -0.1) is 0 Å². The van der Waals surface area contributed by atoms with Gasteiger partial charge < -0.3 is 10.9 Å². The van der Waals surface area contributed by atoms with Crippen molar-refractivity contribution in [3.63, 3.8) is 0 Å². The maximum Gasteiger partial charge on any atom is 0.214 e. The van der Waals surface area contributed by atoms with E-state index in [1.165, 1.54) is 4.68 Å². The predicted molar refractivity (Wildman–Crippen MR) is 86.0 cm³/mol. The van der Waals surface area contributed by atoms with Gasteiger partial charge in [-0.2, -0.15) is 5.10 Å². The molecule has 4 N–H and O–H groups in total. The third kappa shape index (κ3) is 2.18. The van der Waals surface area contributed by atoms with Crippen molar-refractivity contribution in [1.29, 1.82) is 0 Å². The molecule has 0 fully saturated rings. The second-order valence-corrected chi connectivity index (χ2v) is 5.20. The molecule has 0 saturated carbocycles. The highest BCUT2D eigenvalue weighted by Gasteiger charge is 2.12. The smallest absolute Gasteiger partial charge is 0.214 e. The first-order valence-corrected chi connectivity index (χ1v) is 6.87. The molecule has 1 aliphatic rings. The summed E-state index contributed by atoms with van der Waals surface area (Å²) in [5, 5.41) is 18.2. The van der Waals surface area contributed by atoms with Crippen molar-refractivity contribution in [2.24, 2.45) is 0 Å². The SMILES string of the molecule is Nn1c(-c2ccc(Cl)c(=C3C=CC=C3)c2=CO)n[nH]c1=S. The molecule has 106 valence electrons. The van der Waals surface area contributed by atoms with Crippen LogP contribution < -0.4 is 16.3 Å². The van der Waals surface area contributed by atoms with Crippen LogP contribution in [0.2, 0.25) is 5.02 Å². The number of nitrogens with zero attached hydrogens (tertiary/aromatic N) is 2. The number of nitrogens with two attached hydrogens (primary N) is 1. The van der Waals surface area contributed by atoms with Crippen molar-refractivity contribution < 1.29 is 5.11 Å². The Kier molecular flexibility index (Phi) is 3.40. The van der Waals surface area contributed by atoms with E-state index in [-0.39, 0.29) is 0 Å². The molecule has 0 aliphatic heterocycles. The van der Waals surface area contributed by atoms with Gasteiger partial charge >= 0.3 is 0 Å². The van der Waals surface area contributed by atoms with Crippen LogP contribution in [-0.4, -0.2) is 20.0 Å². The summed E-state index contributed by atoms with van der Waals surface area (Å²) < 4.78 is 1.54. The van der Waals surface area contributed by atoms with E-state index in [4.69, 9.17) is 29.7 Å². The first-order valence-electron chi connectivity index (χ1n) is 6.08. The van der Waals surface area contributed by atoms with E-state index in [2.05, 4.69) is 10.2 Å². The van der Waals surface area contributed by atoms with Crippen LogP contribution in [0.25, 0.3) is 23.2 Å². The third-order valence-electron chi connectivity index (χ3n) is 3.22. The van der Waals surface area contributed by atoms with Gasteiger partial charge in [-0.25, -0.2) is 9.77 Å². The van der Waals surface area contributed by atoms with Crippen LogP contribution in [0.15, 0.2) is 36.4 Å². The number of nitrogen functional groups attached to an aromatic ring is 1. The van der Waals surface area contributed by atoms with Crippen molar-refractivity contribution in [1.82, 2.24) is 14.9 Å². The Morgan fingerprint density at radius 2 is 2.05 bits per heavy atom. The minimum atomic E-state index is 0.290. The molecule has 0 radical (unpaired) electrons. The fourth-order valence-corrected chi connectivity index (χ4v) is 2.66. The van der Waals surface area contributed by atoms with Gasteiger partial charge in [0.1, 0.15) is 0 Å². The maximum atomic E-state index is 9.68. The number of aromatic amines is 1. The average molecular weight is 319 g/mol. The standard InChI is InChI=1S/C14H11ClN4OS/c15-11-6-5-9(13-17-18-14(21)19(13)16)10(7-20)12(11)8-3-1-2-4-8/h1-7,20H,16H2,(H,18,21). The molecule has 5 nitrogen and oxygen atoms in total. The van der Waals surface area contributed by atoms with Gasteiger partial charge in [0.05, 0.1) is 6.26 Å². The van der Waals surface area contributed by atoms with Gasteiger partial charge in [-0.05, 0) is 29.9 Å². The van der Waals surface area contributed by atoms with Gasteiger partial charge in [0.25, 0.3) is 0 Å². The number of aromatic nitrogens is 3. The molecule has 3 rings (SSSR count). The molecule has 0 saturated heterocycles. The number of rotatable bonds is 1. The van der Waals surface area contributed by atoms with Crippen molar-refractivity contribution in [3.8, 4) is 11.4 Å². The Morgan fingerprint density at radius 1 is 1.33 bits per heavy atom. The predicted octanol–water partition coefficient (Wildman–Crippen LogP) is 1.55. The largest absolute Gasteiger partial charge is 0.515 e. The monoisotopic (exact) mass is 318 g/mol. The van der Waals surface area contributed by atoms with Gasteiger partial charge in [0, 0.05) is 21.0 Å². The molecule has 2 aromatic rings. The Bertz CT molecular complexity index is 938. The summed E-state index contributed by atoms with van der Waals surface area (Å²) in [6.45, 7) is 0. The normalized spacial score (nSPS) is 14.3. The van der Waals surface area contributed by atoms with Crippen molar-refractivity contribution >= 4 is 35.7 Å². The number of H-pyrrole nitrogens is 1. The first-order chi connectivity index (χ1) is 10.1. The zero-order chi connectivity index (χ0) is 15.0. The Hall–Kier alpha value is -2.31. The minimum absolute atomic E-state index is 0.290. The van der Waals surface area contributed by atoms with Crippen LogP contribution in [0.1, 0.15) is 0 Å². The highest BCUT2D eigenvalue weighted by atomic mass is 35.5. The molecule has 7 heteroatoms. The summed E-state index contributed by atoms with van der Waals surface area (Å²) in [5.41, 5.74) is 1.54. The number of aliphatic hydroxyl groups is 1. The van der Waals surface area contributed by atoms with Crippen LogP contribution in [-0.2, 0) is 0 Å². The van der Waals surface area contributed by atoms with E-state index in [1.54, 1.807) is 12.1 Å². The zero-order valence-electron chi connectivity index (χ0n) is 10.7. The van der Waals surface area contributed by atoms with E-state index in [9.17, 15) is 5.11 Å². The molecule has 0 amide bonds. The average Bonchev–Trinajstić information content (AvgIpc) is 3.11. The summed E-state index contributed by atoms with van der Waals surface area (Å²) in [5.74, 6) is 6.28. The Labute approximate surface area is 130 Å². The zero-order valence-corrected chi connectivity index (χ0v) is 12.3.